The SMILES string of the molecule is COc1nc(N[C@H]2CCN(C[C-](C)C)C[C@H]2F)nn2ccc(-c3ccc4nnn(CC(F)F)c4c3)c12.[Cm]. The van der Waals surface area contributed by atoms with Gasteiger partial charge in [-0.1, -0.05) is 11.3 Å². The van der Waals surface area contributed by atoms with Gasteiger partial charge in [-0.25, -0.2) is 22.4 Å². The van der Waals surface area contributed by atoms with Gasteiger partial charge in [0.25, 0.3) is 6.43 Å². The summed E-state index contributed by atoms with van der Waals surface area (Å²) in [6.45, 7) is 5.49. The van der Waals surface area contributed by atoms with Crippen molar-refractivity contribution in [2.24, 2.45) is 0 Å². The van der Waals surface area contributed by atoms with Gasteiger partial charge in [-0.2, -0.15) is 18.8 Å². The molecular weight excluding hydrogens is 720 g/mol. The zero-order valence-electron chi connectivity index (χ0n) is 20.7. The third-order valence-electron chi connectivity index (χ3n) is 6.29. The van der Waals surface area contributed by atoms with E-state index < -0.39 is 25.2 Å². The number of ether oxygens (including phenoxy) is 1. The van der Waals surface area contributed by atoms with Crippen LogP contribution < -0.4 is 10.1 Å². The van der Waals surface area contributed by atoms with Gasteiger partial charge in [-0.15, -0.1) is 16.7 Å². The minimum absolute atomic E-state index is 0. The van der Waals surface area contributed by atoms with E-state index in [0.717, 1.165) is 24.2 Å². The Bertz CT molecular complexity index is 1360. The van der Waals surface area contributed by atoms with Crippen molar-refractivity contribution in [1.82, 2.24) is 34.5 Å². The van der Waals surface area contributed by atoms with Crippen LogP contribution in [0.2, 0.25) is 0 Å². The van der Waals surface area contributed by atoms with Gasteiger partial charge >= 0.3 is 0 Å². The van der Waals surface area contributed by atoms with Crippen molar-refractivity contribution >= 4 is 22.5 Å². The zero-order chi connectivity index (χ0) is 25.4. The molecule has 4 aromatic rings. The monoisotopic (exact) mass is 744 g/mol. The van der Waals surface area contributed by atoms with Crippen LogP contribution >= 0.6 is 0 Å². The van der Waals surface area contributed by atoms with Crippen LogP contribution in [-0.4, -0.2) is 79.9 Å². The molecule has 37 heavy (non-hydrogen) atoms. The molecule has 0 bridgehead atoms. The quantitative estimate of drug-likeness (QED) is 0.275. The summed E-state index contributed by atoms with van der Waals surface area (Å²) < 4.78 is 49.2. The van der Waals surface area contributed by atoms with Crippen molar-refractivity contribution in [2.75, 3.05) is 32.1 Å². The number of alkyl halides is 3. The first kappa shape index (κ1) is 25.7. The second-order valence-electron chi connectivity index (χ2n) is 9.33. The molecule has 5 rings (SSSR count). The molecule has 0 amide bonds. The molecular formula is C24H28CmF3N8O-. The number of nitrogens with zero attached hydrogens (tertiary/aromatic N) is 7. The number of methoxy groups -OCH3 is 1. The second-order valence-corrected chi connectivity index (χ2v) is 9.33. The Balaban J connectivity index is 0.00000320. The number of hydrogen-bond acceptors (Lipinski definition) is 7. The molecule has 0 aliphatic carbocycles. The Morgan fingerprint density at radius 3 is 2.76 bits per heavy atom. The fraction of sp³-hybridized carbons (Fsp3) is 0.458. The first-order valence-electron chi connectivity index (χ1n) is 11.8. The van der Waals surface area contributed by atoms with Gasteiger partial charge in [0.1, 0.15) is 23.7 Å². The Morgan fingerprint density at radius 2 is 2.05 bits per heavy atom. The number of nitrogens with one attached hydrogen (secondary N) is 1. The molecule has 2 atom stereocenters. The molecule has 200 valence electrons. The molecule has 1 aromatic carbocycles. The molecule has 9 nitrogen and oxygen atoms in total. The number of likely N-dealkylation sites (tertiary alicyclic amines) is 1. The van der Waals surface area contributed by atoms with Crippen LogP contribution in [-0.2, 0) is 6.54 Å². The van der Waals surface area contributed by atoms with Crippen molar-refractivity contribution in [1.29, 1.82) is 0 Å². The third kappa shape index (κ3) is 5.11. The predicted molar refractivity (Wildman–Crippen MR) is 130 cm³/mol. The van der Waals surface area contributed by atoms with Crippen LogP contribution in [0.4, 0.5) is 19.1 Å². The smallest absolute Gasteiger partial charge is 0.258 e. The molecule has 1 aliphatic heterocycles. The molecule has 0 unspecified atom stereocenters. The minimum Gasteiger partial charge on any atom is -0.479 e. The van der Waals surface area contributed by atoms with Crippen molar-refractivity contribution in [3.63, 3.8) is 0 Å². The number of piperidine rings is 1. The summed E-state index contributed by atoms with van der Waals surface area (Å²) in [5.41, 5.74) is 3.14. The van der Waals surface area contributed by atoms with Gasteiger partial charge in [0, 0.05) is 18.3 Å². The van der Waals surface area contributed by atoms with Gasteiger partial charge in [0.05, 0.1) is 18.7 Å². The third-order valence-corrected chi connectivity index (χ3v) is 6.29. The average molecular weight is 749 g/mol. The number of aromatic nitrogens is 6. The van der Waals surface area contributed by atoms with Gasteiger partial charge in [-0.3, -0.25) is 0 Å². The van der Waals surface area contributed by atoms with Crippen LogP contribution in [0.5, 0.6) is 5.88 Å². The number of halogens is 3. The van der Waals surface area contributed by atoms with Gasteiger partial charge in [0.15, 0.2) is 0 Å². The summed E-state index contributed by atoms with van der Waals surface area (Å²) in [5.74, 6) is 1.84. The molecule has 4 heterocycles. The van der Waals surface area contributed by atoms with E-state index in [9.17, 15) is 13.2 Å². The Kier molecular flexibility index (Phi) is 7.14. The van der Waals surface area contributed by atoms with Gasteiger partial charge in [-0.05, 0) is 36.7 Å². The normalized spacial score (nSPS) is 18.6. The maximum Gasteiger partial charge on any atom is 0.258 e. The largest absolute Gasteiger partial charge is 0.479 e. The standard InChI is InChI=1S/C24H28F3N8O.Cm/c1-14(2)11-33-8-7-18(17(25)12-33)28-24-29-23(36-3)22-16(6-9-34(22)31-24)15-4-5-19-20(10-15)35(32-30-19)13-21(26)27;/h4-6,9-10,17-18,21H,7-8,11-13H2,1-3H3,(H,28,31);/q-1;/t17-,18+;/m1./s1. The summed E-state index contributed by atoms with van der Waals surface area (Å²) >= 11 is 0. The van der Waals surface area contributed by atoms with Crippen LogP contribution in [0.15, 0.2) is 30.5 Å². The van der Waals surface area contributed by atoms with Crippen molar-refractivity contribution in [2.45, 2.75) is 45.5 Å². The first-order chi connectivity index (χ1) is 17.3. The molecule has 1 saturated heterocycles. The predicted octanol–water partition coefficient (Wildman–Crippen LogP) is 3.85. The van der Waals surface area contributed by atoms with E-state index in [1.165, 1.54) is 17.7 Å². The maximum absolute atomic E-state index is 14.9. The summed E-state index contributed by atoms with van der Waals surface area (Å²) in [6.07, 6.45) is -1.20. The number of fused-ring (bicyclic) bond motifs is 2. The fourth-order valence-corrected chi connectivity index (χ4v) is 4.71. The number of anilines is 1. The summed E-state index contributed by atoms with van der Waals surface area (Å²) in [6, 6.07) is 6.77. The minimum atomic E-state index is -2.54. The Hall–Kier alpha value is -4.41. The number of benzene rings is 1. The molecule has 0 saturated carbocycles. The molecule has 0 spiro atoms. The molecule has 1 aliphatic rings. The first-order valence-corrected chi connectivity index (χ1v) is 11.8. The summed E-state index contributed by atoms with van der Waals surface area (Å²) in [5, 5.41) is 15.5. The molecule has 1 N–H and O–H groups in total. The van der Waals surface area contributed by atoms with Crippen LogP contribution in [0, 0.1) is 5.92 Å². The fourth-order valence-electron chi connectivity index (χ4n) is 4.71. The van der Waals surface area contributed by atoms with Crippen LogP contribution in [0.1, 0.15) is 20.3 Å². The topological polar surface area (TPSA) is 85.4 Å². The van der Waals surface area contributed by atoms with E-state index in [1.54, 1.807) is 22.8 Å². The van der Waals surface area contributed by atoms with Crippen molar-refractivity contribution in [3.8, 4) is 17.0 Å². The zero-order valence-corrected chi connectivity index (χ0v) is 23.6. The average Bonchev–Trinajstić information content (AvgIpc) is 3.43. The van der Waals surface area contributed by atoms with Gasteiger partial charge < -0.3 is 20.9 Å². The van der Waals surface area contributed by atoms with Crippen molar-refractivity contribution in [3.05, 3.63) is 36.4 Å². The van der Waals surface area contributed by atoms with E-state index in [-0.39, 0.29) is 5.95 Å². The van der Waals surface area contributed by atoms with E-state index in [0.29, 0.717) is 35.4 Å². The second kappa shape index (κ2) is 10.3. The van der Waals surface area contributed by atoms with Gasteiger partial charge in [0.2, 0.25) is 11.8 Å². The van der Waals surface area contributed by atoms with E-state index in [4.69, 9.17) is 4.74 Å². The van der Waals surface area contributed by atoms with Crippen LogP contribution in [0.25, 0.3) is 27.7 Å². The molecule has 0 radical (unpaired) electrons. The Morgan fingerprint density at radius 1 is 1.24 bits per heavy atom. The maximum atomic E-state index is 14.9. The Labute approximate surface area is 206 Å². The van der Waals surface area contributed by atoms with Crippen LogP contribution in [0.3, 0.4) is 0 Å². The van der Waals surface area contributed by atoms with E-state index in [2.05, 4.69) is 30.6 Å². The summed E-state index contributed by atoms with van der Waals surface area (Å²) in [7, 11) is 1.51. The van der Waals surface area contributed by atoms with E-state index in [1.807, 2.05) is 26.0 Å². The summed E-state index contributed by atoms with van der Waals surface area (Å²) in [4.78, 5) is 6.62. The number of hydrogen-bond donors (Lipinski definition) is 1. The van der Waals surface area contributed by atoms with Crippen molar-refractivity contribution < 1.29 is 17.9 Å². The molecule has 13 heteroatoms. The van der Waals surface area contributed by atoms with E-state index >= 15 is 0 Å². The molecule has 3 aromatic heterocycles. The number of rotatable bonds is 8. The molecule has 1 fully saturated rings.